The number of nitrogens with zero attached hydrogens (tertiary/aromatic N) is 5. The van der Waals surface area contributed by atoms with Crippen LogP contribution in [0.4, 0.5) is 5.95 Å². The van der Waals surface area contributed by atoms with E-state index in [2.05, 4.69) is 31.2 Å². The van der Waals surface area contributed by atoms with E-state index in [9.17, 15) is 0 Å². The Kier molecular flexibility index (Phi) is 2.75. The van der Waals surface area contributed by atoms with Gasteiger partial charge in [-0.3, -0.25) is 4.68 Å². The zero-order chi connectivity index (χ0) is 12.5. The predicted octanol–water partition coefficient (Wildman–Crippen LogP) is 1.67. The summed E-state index contributed by atoms with van der Waals surface area (Å²) >= 11 is 3.42. The molecular formula is C11H11BrN6. The summed E-state index contributed by atoms with van der Waals surface area (Å²) in [5.74, 6) is 0.517. The molecule has 0 saturated carbocycles. The third-order valence-electron chi connectivity index (χ3n) is 2.76. The maximum Gasteiger partial charge on any atom is 0.201 e. The lowest BCUT2D eigenvalue weighted by atomic mass is 10.3. The Labute approximate surface area is 112 Å². The van der Waals surface area contributed by atoms with Gasteiger partial charge in [0, 0.05) is 17.2 Å². The van der Waals surface area contributed by atoms with Crippen molar-refractivity contribution in [3.8, 4) is 0 Å². The van der Waals surface area contributed by atoms with Crippen LogP contribution in [-0.2, 0) is 13.1 Å². The van der Waals surface area contributed by atoms with Gasteiger partial charge in [0.1, 0.15) is 0 Å². The molecule has 0 amide bonds. The molecule has 2 heterocycles. The lowest BCUT2D eigenvalue weighted by molar-refractivity contribution is 0.529. The first-order valence-electron chi connectivity index (χ1n) is 5.49. The normalized spacial score (nSPS) is 11.2. The SMILES string of the molecule is Nc1nc2cc(Br)ccc2n1CCn1ccnn1. The Morgan fingerprint density at radius 3 is 2.94 bits per heavy atom. The van der Waals surface area contributed by atoms with Crippen LogP contribution in [0.2, 0.25) is 0 Å². The second-order valence-corrected chi connectivity index (χ2v) is 4.84. The van der Waals surface area contributed by atoms with Crippen LogP contribution in [0.5, 0.6) is 0 Å². The average Bonchev–Trinajstić information content (AvgIpc) is 2.93. The molecule has 18 heavy (non-hydrogen) atoms. The summed E-state index contributed by atoms with van der Waals surface area (Å²) in [7, 11) is 0. The van der Waals surface area contributed by atoms with Crippen molar-refractivity contribution >= 4 is 32.9 Å². The maximum absolute atomic E-state index is 5.93. The number of fused-ring (bicyclic) bond motifs is 1. The van der Waals surface area contributed by atoms with E-state index in [1.54, 1.807) is 10.9 Å². The van der Waals surface area contributed by atoms with Crippen molar-refractivity contribution in [1.29, 1.82) is 0 Å². The van der Waals surface area contributed by atoms with Gasteiger partial charge in [-0.1, -0.05) is 21.1 Å². The molecule has 7 heteroatoms. The number of rotatable bonds is 3. The smallest absolute Gasteiger partial charge is 0.201 e. The molecule has 6 nitrogen and oxygen atoms in total. The number of anilines is 1. The fourth-order valence-corrected chi connectivity index (χ4v) is 2.26. The minimum absolute atomic E-state index is 0.517. The summed E-state index contributed by atoms with van der Waals surface area (Å²) in [6.07, 6.45) is 3.48. The molecule has 3 aromatic rings. The molecule has 0 aliphatic carbocycles. The molecule has 0 radical (unpaired) electrons. The topological polar surface area (TPSA) is 74.5 Å². The summed E-state index contributed by atoms with van der Waals surface area (Å²) in [6.45, 7) is 1.43. The zero-order valence-corrected chi connectivity index (χ0v) is 11.1. The van der Waals surface area contributed by atoms with Crippen molar-refractivity contribution in [2.24, 2.45) is 0 Å². The molecule has 0 atom stereocenters. The van der Waals surface area contributed by atoms with Gasteiger partial charge in [-0.15, -0.1) is 5.10 Å². The summed E-state index contributed by atoms with van der Waals surface area (Å²) in [6, 6.07) is 5.94. The van der Waals surface area contributed by atoms with E-state index in [0.717, 1.165) is 15.5 Å². The van der Waals surface area contributed by atoms with Gasteiger partial charge in [0.15, 0.2) is 0 Å². The Morgan fingerprint density at radius 1 is 1.28 bits per heavy atom. The highest BCUT2D eigenvalue weighted by Crippen LogP contribution is 2.21. The van der Waals surface area contributed by atoms with E-state index < -0.39 is 0 Å². The van der Waals surface area contributed by atoms with Crippen LogP contribution in [0.25, 0.3) is 11.0 Å². The van der Waals surface area contributed by atoms with Crippen LogP contribution in [-0.4, -0.2) is 24.5 Å². The summed E-state index contributed by atoms with van der Waals surface area (Å²) in [5, 5.41) is 7.69. The summed E-state index contributed by atoms with van der Waals surface area (Å²) in [4.78, 5) is 4.34. The molecule has 92 valence electrons. The first-order valence-corrected chi connectivity index (χ1v) is 6.29. The number of imidazole rings is 1. The second-order valence-electron chi connectivity index (χ2n) is 3.92. The first-order chi connectivity index (χ1) is 8.74. The van der Waals surface area contributed by atoms with E-state index in [0.29, 0.717) is 19.0 Å². The van der Waals surface area contributed by atoms with Crippen LogP contribution >= 0.6 is 15.9 Å². The van der Waals surface area contributed by atoms with Crippen molar-refractivity contribution in [3.63, 3.8) is 0 Å². The largest absolute Gasteiger partial charge is 0.369 e. The molecular weight excluding hydrogens is 296 g/mol. The quantitative estimate of drug-likeness (QED) is 0.799. The van der Waals surface area contributed by atoms with E-state index in [-0.39, 0.29) is 0 Å². The Bertz CT molecular complexity index is 672. The standard InChI is InChI=1S/C11H11BrN6/c12-8-1-2-10-9(7-8)15-11(13)18(10)6-5-17-4-3-14-16-17/h1-4,7H,5-6H2,(H2,13,15). The second kappa shape index (κ2) is 4.41. The van der Waals surface area contributed by atoms with Crippen molar-refractivity contribution < 1.29 is 0 Å². The fourth-order valence-electron chi connectivity index (χ4n) is 1.91. The van der Waals surface area contributed by atoms with Crippen LogP contribution in [0.1, 0.15) is 0 Å². The Hall–Kier alpha value is -1.89. The molecule has 1 aromatic carbocycles. The zero-order valence-electron chi connectivity index (χ0n) is 9.49. The van der Waals surface area contributed by atoms with Crippen molar-refractivity contribution in [2.75, 3.05) is 5.73 Å². The summed E-state index contributed by atoms with van der Waals surface area (Å²) < 4.78 is 4.74. The number of aryl methyl sites for hydroxylation is 2. The highest BCUT2D eigenvalue weighted by atomic mass is 79.9. The van der Waals surface area contributed by atoms with Crippen LogP contribution in [0.15, 0.2) is 35.1 Å². The monoisotopic (exact) mass is 306 g/mol. The van der Waals surface area contributed by atoms with E-state index >= 15 is 0 Å². The summed E-state index contributed by atoms with van der Waals surface area (Å²) in [5.41, 5.74) is 7.85. The lowest BCUT2D eigenvalue weighted by Crippen LogP contribution is -2.10. The Balaban J connectivity index is 1.93. The van der Waals surface area contributed by atoms with E-state index in [4.69, 9.17) is 5.73 Å². The lowest BCUT2D eigenvalue weighted by Gasteiger charge is -2.06. The highest BCUT2D eigenvalue weighted by molar-refractivity contribution is 9.10. The van der Waals surface area contributed by atoms with Gasteiger partial charge in [-0.05, 0) is 18.2 Å². The maximum atomic E-state index is 5.93. The van der Waals surface area contributed by atoms with Crippen molar-refractivity contribution in [3.05, 3.63) is 35.1 Å². The van der Waals surface area contributed by atoms with Crippen LogP contribution < -0.4 is 5.73 Å². The molecule has 0 bridgehead atoms. The van der Waals surface area contributed by atoms with Crippen LogP contribution in [0, 0.1) is 0 Å². The number of hydrogen-bond acceptors (Lipinski definition) is 4. The van der Waals surface area contributed by atoms with Gasteiger partial charge < -0.3 is 10.3 Å². The fraction of sp³-hybridized carbons (Fsp3) is 0.182. The van der Waals surface area contributed by atoms with Crippen molar-refractivity contribution in [2.45, 2.75) is 13.1 Å². The van der Waals surface area contributed by atoms with Gasteiger partial charge in [0.05, 0.1) is 23.8 Å². The number of aromatic nitrogens is 5. The minimum Gasteiger partial charge on any atom is -0.369 e. The Morgan fingerprint density at radius 2 is 2.17 bits per heavy atom. The first kappa shape index (κ1) is 11.2. The molecule has 2 N–H and O–H groups in total. The average molecular weight is 307 g/mol. The van der Waals surface area contributed by atoms with Gasteiger partial charge in [-0.2, -0.15) is 0 Å². The molecule has 0 spiro atoms. The highest BCUT2D eigenvalue weighted by Gasteiger charge is 2.08. The molecule has 0 unspecified atom stereocenters. The van der Waals surface area contributed by atoms with Gasteiger partial charge in [0.2, 0.25) is 5.95 Å². The number of nitrogens with two attached hydrogens (primary N) is 1. The molecule has 0 aliphatic heterocycles. The number of hydrogen-bond donors (Lipinski definition) is 1. The van der Waals surface area contributed by atoms with Crippen molar-refractivity contribution in [1.82, 2.24) is 24.5 Å². The number of benzene rings is 1. The third-order valence-corrected chi connectivity index (χ3v) is 3.26. The molecule has 0 aliphatic rings. The molecule has 0 saturated heterocycles. The van der Waals surface area contributed by atoms with E-state index in [1.165, 1.54) is 0 Å². The van der Waals surface area contributed by atoms with Gasteiger partial charge in [0.25, 0.3) is 0 Å². The third kappa shape index (κ3) is 1.97. The number of nitrogen functional groups attached to an aromatic ring is 1. The molecule has 3 rings (SSSR count). The van der Waals surface area contributed by atoms with Crippen LogP contribution in [0.3, 0.4) is 0 Å². The van der Waals surface area contributed by atoms with Gasteiger partial charge >= 0.3 is 0 Å². The van der Waals surface area contributed by atoms with E-state index in [1.807, 2.05) is 29.0 Å². The van der Waals surface area contributed by atoms with Gasteiger partial charge in [-0.25, -0.2) is 4.98 Å². The predicted molar refractivity (Wildman–Crippen MR) is 71.9 cm³/mol. The minimum atomic E-state index is 0.517. The molecule has 0 fully saturated rings. The number of halogens is 1. The molecule has 2 aromatic heterocycles.